The molecule has 1 unspecified atom stereocenters. The molecule has 0 bridgehead atoms. The van der Waals surface area contributed by atoms with Crippen LogP contribution in [0.5, 0.6) is 0 Å². The predicted octanol–water partition coefficient (Wildman–Crippen LogP) is 1.63. The molecule has 0 saturated heterocycles. The molecular weight excluding hydrogens is 256 g/mol. The Hall–Kier alpha value is -0.870. The number of rotatable bonds is 4. The van der Waals surface area contributed by atoms with Gasteiger partial charge >= 0.3 is 0 Å². The summed E-state index contributed by atoms with van der Waals surface area (Å²) in [6.45, 7) is 2.88. The van der Waals surface area contributed by atoms with Gasteiger partial charge in [0.05, 0.1) is 5.92 Å². The van der Waals surface area contributed by atoms with E-state index >= 15 is 0 Å². The van der Waals surface area contributed by atoms with E-state index < -0.39 is 0 Å². The van der Waals surface area contributed by atoms with Gasteiger partial charge in [0.15, 0.2) is 0 Å². The highest BCUT2D eigenvalue weighted by Crippen LogP contribution is 2.18. The molecule has 1 aromatic carbocycles. The van der Waals surface area contributed by atoms with Crippen LogP contribution in [0.1, 0.15) is 18.4 Å². The monoisotopic (exact) mass is 270 g/mol. The Labute approximate surface area is 98.2 Å². The molecule has 0 saturated carbocycles. The molecule has 82 valence electrons. The van der Waals surface area contributed by atoms with Crippen LogP contribution in [0.4, 0.5) is 0 Å². The number of nitrogens with two attached hydrogens (primary N) is 1. The van der Waals surface area contributed by atoms with Crippen molar-refractivity contribution in [1.29, 1.82) is 0 Å². The SMILES string of the molecule is CC(C(=O)NCCN)c1ccc(Br)cc1. The second kappa shape index (κ2) is 5.88. The second-order valence-electron chi connectivity index (χ2n) is 3.35. The van der Waals surface area contributed by atoms with Crippen molar-refractivity contribution in [1.82, 2.24) is 5.32 Å². The number of nitrogens with one attached hydrogen (secondary N) is 1. The summed E-state index contributed by atoms with van der Waals surface area (Å²) in [6, 6.07) is 7.75. The largest absolute Gasteiger partial charge is 0.354 e. The van der Waals surface area contributed by atoms with E-state index in [0.717, 1.165) is 10.0 Å². The smallest absolute Gasteiger partial charge is 0.227 e. The lowest BCUT2D eigenvalue weighted by molar-refractivity contribution is -0.122. The van der Waals surface area contributed by atoms with Gasteiger partial charge in [0.25, 0.3) is 0 Å². The Morgan fingerprint density at radius 2 is 2.07 bits per heavy atom. The number of benzene rings is 1. The van der Waals surface area contributed by atoms with Crippen LogP contribution < -0.4 is 11.1 Å². The molecule has 0 spiro atoms. The molecule has 0 aliphatic rings. The zero-order valence-corrected chi connectivity index (χ0v) is 10.3. The topological polar surface area (TPSA) is 55.1 Å². The predicted molar refractivity (Wildman–Crippen MR) is 64.6 cm³/mol. The Morgan fingerprint density at radius 3 is 2.60 bits per heavy atom. The standard InChI is InChI=1S/C11H15BrN2O/c1-8(11(15)14-7-6-13)9-2-4-10(12)5-3-9/h2-5,8H,6-7,13H2,1H3,(H,14,15). The Bertz CT molecular complexity index is 324. The third kappa shape index (κ3) is 3.64. The summed E-state index contributed by atoms with van der Waals surface area (Å²) in [5, 5.41) is 2.77. The summed E-state index contributed by atoms with van der Waals surface area (Å²) < 4.78 is 1.01. The fourth-order valence-corrected chi connectivity index (χ4v) is 1.52. The van der Waals surface area contributed by atoms with Gasteiger partial charge < -0.3 is 11.1 Å². The maximum absolute atomic E-state index is 11.6. The quantitative estimate of drug-likeness (QED) is 0.874. The molecule has 15 heavy (non-hydrogen) atoms. The van der Waals surface area contributed by atoms with Gasteiger partial charge in [-0.25, -0.2) is 0 Å². The summed E-state index contributed by atoms with van der Waals surface area (Å²) in [6.07, 6.45) is 0. The van der Waals surface area contributed by atoms with Crippen molar-refractivity contribution in [3.05, 3.63) is 34.3 Å². The number of amides is 1. The van der Waals surface area contributed by atoms with Crippen LogP contribution in [0.3, 0.4) is 0 Å². The number of carbonyl (C=O) groups excluding carboxylic acids is 1. The summed E-state index contributed by atoms with van der Waals surface area (Å²) in [7, 11) is 0. The second-order valence-corrected chi connectivity index (χ2v) is 4.27. The highest BCUT2D eigenvalue weighted by molar-refractivity contribution is 9.10. The van der Waals surface area contributed by atoms with E-state index in [4.69, 9.17) is 5.73 Å². The average molecular weight is 271 g/mol. The van der Waals surface area contributed by atoms with Gasteiger partial charge in [0.1, 0.15) is 0 Å². The minimum absolute atomic E-state index is 0.0165. The molecule has 0 fully saturated rings. The van der Waals surface area contributed by atoms with E-state index in [0.29, 0.717) is 13.1 Å². The van der Waals surface area contributed by atoms with Crippen molar-refractivity contribution in [3.8, 4) is 0 Å². The van der Waals surface area contributed by atoms with Crippen molar-refractivity contribution in [2.45, 2.75) is 12.8 Å². The molecule has 0 radical (unpaired) electrons. The van der Waals surface area contributed by atoms with Crippen LogP contribution in [0.15, 0.2) is 28.7 Å². The van der Waals surface area contributed by atoms with Crippen molar-refractivity contribution in [3.63, 3.8) is 0 Å². The van der Waals surface area contributed by atoms with Gasteiger partial charge in [-0.05, 0) is 24.6 Å². The van der Waals surface area contributed by atoms with Gasteiger partial charge in [0, 0.05) is 17.6 Å². The van der Waals surface area contributed by atoms with Gasteiger partial charge in [-0.2, -0.15) is 0 Å². The van der Waals surface area contributed by atoms with E-state index in [1.54, 1.807) is 0 Å². The third-order valence-electron chi connectivity index (χ3n) is 2.21. The molecule has 1 atom stereocenters. The number of halogens is 1. The minimum atomic E-state index is -0.135. The maximum Gasteiger partial charge on any atom is 0.227 e. The molecule has 1 rings (SSSR count). The average Bonchev–Trinajstić information content (AvgIpc) is 2.26. The summed E-state index contributed by atoms with van der Waals surface area (Å²) in [5.41, 5.74) is 6.32. The fraction of sp³-hybridized carbons (Fsp3) is 0.364. The zero-order chi connectivity index (χ0) is 11.3. The molecular formula is C11H15BrN2O. The van der Waals surface area contributed by atoms with E-state index in [-0.39, 0.29) is 11.8 Å². The molecule has 0 heterocycles. The normalized spacial score (nSPS) is 12.2. The number of carbonyl (C=O) groups is 1. The molecule has 3 nitrogen and oxygen atoms in total. The first-order valence-electron chi connectivity index (χ1n) is 4.88. The minimum Gasteiger partial charge on any atom is -0.354 e. The summed E-state index contributed by atoms with van der Waals surface area (Å²) in [5.74, 6) is -0.118. The highest BCUT2D eigenvalue weighted by atomic mass is 79.9. The molecule has 4 heteroatoms. The molecule has 1 amide bonds. The molecule has 3 N–H and O–H groups in total. The van der Waals surface area contributed by atoms with Crippen molar-refractivity contribution >= 4 is 21.8 Å². The van der Waals surface area contributed by atoms with E-state index in [1.807, 2.05) is 31.2 Å². The molecule has 0 aromatic heterocycles. The Kier molecular flexibility index (Phi) is 4.78. The van der Waals surface area contributed by atoms with Crippen LogP contribution in [0.25, 0.3) is 0 Å². The maximum atomic E-state index is 11.6. The summed E-state index contributed by atoms with van der Waals surface area (Å²) >= 11 is 3.36. The lowest BCUT2D eigenvalue weighted by atomic mass is 10.0. The first-order chi connectivity index (χ1) is 7.15. The Morgan fingerprint density at radius 1 is 1.47 bits per heavy atom. The fourth-order valence-electron chi connectivity index (χ4n) is 1.25. The molecule has 0 aliphatic heterocycles. The first kappa shape index (κ1) is 12.2. The van der Waals surface area contributed by atoms with Gasteiger partial charge in [0.2, 0.25) is 5.91 Å². The van der Waals surface area contributed by atoms with E-state index in [9.17, 15) is 4.79 Å². The van der Waals surface area contributed by atoms with Crippen LogP contribution in [0.2, 0.25) is 0 Å². The highest BCUT2D eigenvalue weighted by Gasteiger charge is 2.13. The van der Waals surface area contributed by atoms with Crippen LogP contribution in [-0.2, 0) is 4.79 Å². The van der Waals surface area contributed by atoms with Gasteiger partial charge in [-0.1, -0.05) is 28.1 Å². The Balaban J connectivity index is 2.63. The summed E-state index contributed by atoms with van der Waals surface area (Å²) in [4.78, 5) is 11.6. The van der Waals surface area contributed by atoms with Crippen LogP contribution in [0, 0.1) is 0 Å². The third-order valence-corrected chi connectivity index (χ3v) is 2.74. The molecule has 0 aliphatic carbocycles. The lowest BCUT2D eigenvalue weighted by Gasteiger charge is -2.11. The number of hydrogen-bond donors (Lipinski definition) is 2. The van der Waals surface area contributed by atoms with Crippen LogP contribution in [-0.4, -0.2) is 19.0 Å². The zero-order valence-electron chi connectivity index (χ0n) is 8.66. The molecule has 1 aromatic rings. The lowest BCUT2D eigenvalue weighted by Crippen LogP contribution is -2.32. The van der Waals surface area contributed by atoms with Crippen molar-refractivity contribution in [2.24, 2.45) is 5.73 Å². The van der Waals surface area contributed by atoms with Gasteiger partial charge in [-0.3, -0.25) is 4.79 Å². The van der Waals surface area contributed by atoms with Crippen molar-refractivity contribution in [2.75, 3.05) is 13.1 Å². The van der Waals surface area contributed by atoms with Crippen LogP contribution >= 0.6 is 15.9 Å². The van der Waals surface area contributed by atoms with Gasteiger partial charge in [-0.15, -0.1) is 0 Å². The number of hydrogen-bond acceptors (Lipinski definition) is 2. The van der Waals surface area contributed by atoms with E-state index in [2.05, 4.69) is 21.2 Å². The van der Waals surface area contributed by atoms with E-state index in [1.165, 1.54) is 0 Å². The van der Waals surface area contributed by atoms with Crippen molar-refractivity contribution < 1.29 is 4.79 Å². The first-order valence-corrected chi connectivity index (χ1v) is 5.67.